The van der Waals surface area contributed by atoms with Crippen LogP contribution >= 0.6 is 0 Å². The van der Waals surface area contributed by atoms with Crippen LogP contribution in [0.4, 0.5) is 5.69 Å². The quantitative estimate of drug-likeness (QED) is 0.901. The van der Waals surface area contributed by atoms with E-state index in [0.29, 0.717) is 17.8 Å². The first kappa shape index (κ1) is 15.3. The first-order valence-corrected chi connectivity index (χ1v) is 7.81. The monoisotopic (exact) mass is 312 g/mol. The minimum absolute atomic E-state index is 0.202. The minimum Gasteiger partial charge on any atom is -0.338 e. The molecule has 0 spiro atoms. The molecule has 1 aliphatic heterocycles. The Labute approximate surface area is 134 Å². The number of fused-ring (bicyclic) bond motifs is 1. The normalized spacial score (nSPS) is 17.2. The van der Waals surface area contributed by atoms with Gasteiger partial charge in [0, 0.05) is 13.5 Å². The number of carbonyl (C=O) groups excluding carboxylic acids is 2. The second kappa shape index (κ2) is 6.24. The zero-order chi connectivity index (χ0) is 16.4. The van der Waals surface area contributed by atoms with Crippen molar-refractivity contribution >= 4 is 17.5 Å². The van der Waals surface area contributed by atoms with Crippen molar-refractivity contribution in [3.8, 4) is 0 Å². The van der Waals surface area contributed by atoms with Gasteiger partial charge in [0.05, 0.1) is 11.4 Å². The molecule has 2 aromatic rings. The van der Waals surface area contributed by atoms with Gasteiger partial charge in [-0.2, -0.15) is 5.10 Å². The molecule has 0 unspecified atom stereocenters. The maximum absolute atomic E-state index is 12.5. The molecule has 120 valence electrons. The summed E-state index contributed by atoms with van der Waals surface area (Å²) in [4.78, 5) is 25.1. The van der Waals surface area contributed by atoms with Crippen molar-refractivity contribution in [2.24, 2.45) is 7.05 Å². The van der Waals surface area contributed by atoms with Crippen molar-refractivity contribution in [2.75, 3.05) is 5.32 Å². The van der Waals surface area contributed by atoms with Crippen molar-refractivity contribution in [2.45, 2.75) is 32.2 Å². The van der Waals surface area contributed by atoms with Gasteiger partial charge in [-0.25, -0.2) is 0 Å². The molecule has 1 aromatic carbocycles. The Kier molecular flexibility index (Phi) is 4.14. The van der Waals surface area contributed by atoms with Gasteiger partial charge in [-0.1, -0.05) is 43.7 Å². The molecule has 1 atom stereocenters. The van der Waals surface area contributed by atoms with Gasteiger partial charge in [-0.05, 0) is 12.0 Å². The SMILES string of the molecule is CCCc1nn(C)c2c1NC(=O)[C@H](Cc1ccccc1)NC2=O. The first-order chi connectivity index (χ1) is 11.1. The van der Waals surface area contributed by atoms with Gasteiger partial charge in [0.15, 0.2) is 0 Å². The molecule has 3 rings (SSSR count). The van der Waals surface area contributed by atoms with E-state index in [1.165, 1.54) is 0 Å². The highest BCUT2D eigenvalue weighted by Gasteiger charge is 2.32. The van der Waals surface area contributed by atoms with Crippen LogP contribution in [-0.4, -0.2) is 27.6 Å². The Morgan fingerprint density at radius 3 is 2.65 bits per heavy atom. The Morgan fingerprint density at radius 1 is 1.22 bits per heavy atom. The van der Waals surface area contributed by atoms with Crippen LogP contribution in [0, 0.1) is 0 Å². The lowest BCUT2D eigenvalue weighted by molar-refractivity contribution is -0.117. The van der Waals surface area contributed by atoms with E-state index in [0.717, 1.165) is 24.1 Å². The zero-order valence-corrected chi connectivity index (χ0v) is 13.3. The van der Waals surface area contributed by atoms with E-state index in [9.17, 15) is 9.59 Å². The number of benzene rings is 1. The molecule has 23 heavy (non-hydrogen) atoms. The van der Waals surface area contributed by atoms with Crippen LogP contribution in [0.25, 0.3) is 0 Å². The van der Waals surface area contributed by atoms with Gasteiger partial charge >= 0.3 is 0 Å². The molecule has 0 saturated heterocycles. The van der Waals surface area contributed by atoms with Gasteiger partial charge in [0.1, 0.15) is 11.7 Å². The minimum atomic E-state index is -0.591. The molecule has 1 aromatic heterocycles. The summed E-state index contributed by atoms with van der Waals surface area (Å²) in [6.45, 7) is 2.04. The van der Waals surface area contributed by atoms with E-state index in [-0.39, 0.29) is 11.8 Å². The molecule has 2 amide bonds. The van der Waals surface area contributed by atoms with Gasteiger partial charge in [0.25, 0.3) is 5.91 Å². The van der Waals surface area contributed by atoms with Crippen LogP contribution in [0.1, 0.15) is 35.1 Å². The summed E-state index contributed by atoms with van der Waals surface area (Å²) in [5.74, 6) is -0.469. The molecule has 0 saturated carbocycles. The Hall–Kier alpha value is -2.63. The standard InChI is InChI=1S/C17H20N4O2/c1-3-7-12-14-15(21(2)20-12)17(23)18-13(16(22)19-14)10-11-8-5-4-6-9-11/h4-6,8-9,13H,3,7,10H2,1-2H3,(H,18,23)(H,19,22)/t13-/m0/s1. The van der Waals surface area contributed by atoms with E-state index in [1.807, 2.05) is 37.3 Å². The summed E-state index contributed by atoms with van der Waals surface area (Å²) < 4.78 is 1.54. The summed E-state index contributed by atoms with van der Waals surface area (Å²) in [5.41, 5.74) is 2.73. The number of anilines is 1. The highest BCUT2D eigenvalue weighted by Crippen LogP contribution is 2.24. The molecule has 2 N–H and O–H groups in total. The third-order valence-corrected chi connectivity index (χ3v) is 3.97. The first-order valence-electron chi connectivity index (χ1n) is 7.81. The highest BCUT2D eigenvalue weighted by atomic mass is 16.2. The second-order valence-electron chi connectivity index (χ2n) is 5.75. The van der Waals surface area contributed by atoms with Crippen molar-refractivity contribution in [1.29, 1.82) is 0 Å². The average Bonchev–Trinajstić information content (AvgIpc) is 2.76. The summed E-state index contributed by atoms with van der Waals surface area (Å²) in [7, 11) is 1.72. The smallest absolute Gasteiger partial charge is 0.272 e. The fourth-order valence-electron chi connectivity index (χ4n) is 2.88. The van der Waals surface area contributed by atoms with Crippen molar-refractivity contribution in [3.63, 3.8) is 0 Å². The molecule has 0 radical (unpaired) electrons. The van der Waals surface area contributed by atoms with E-state index >= 15 is 0 Å². The lowest BCUT2D eigenvalue weighted by atomic mass is 10.1. The van der Waals surface area contributed by atoms with Crippen LogP contribution in [-0.2, 0) is 24.7 Å². The van der Waals surface area contributed by atoms with E-state index in [1.54, 1.807) is 11.7 Å². The molecular formula is C17H20N4O2. The lowest BCUT2D eigenvalue weighted by Gasteiger charge is -2.15. The number of hydrogen-bond donors (Lipinski definition) is 2. The number of carbonyl (C=O) groups is 2. The van der Waals surface area contributed by atoms with E-state index in [2.05, 4.69) is 15.7 Å². The molecule has 6 heteroatoms. The van der Waals surface area contributed by atoms with Crippen LogP contribution in [0.3, 0.4) is 0 Å². The third kappa shape index (κ3) is 2.97. The number of amides is 2. The van der Waals surface area contributed by atoms with Crippen molar-refractivity contribution in [3.05, 3.63) is 47.3 Å². The van der Waals surface area contributed by atoms with E-state index in [4.69, 9.17) is 0 Å². The summed E-state index contributed by atoms with van der Waals surface area (Å²) in [5, 5.41) is 10.1. The second-order valence-corrected chi connectivity index (χ2v) is 5.75. The van der Waals surface area contributed by atoms with Gasteiger partial charge in [-0.15, -0.1) is 0 Å². The van der Waals surface area contributed by atoms with Crippen LogP contribution in [0.5, 0.6) is 0 Å². The molecule has 1 aliphatic rings. The Morgan fingerprint density at radius 2 is 1.96 bits per heavy atom. The topological polar surface area (TPSA) is 76.0 Å². The van der Waals surface area contributed by atoms with Crippen LogP contribution in [0.15, 0.2) is 30.3 Å². The number of aryl methyl sites for hydroxylation is 2. The largest absolute Gasteiger partial charge is 0.338 e. The third-order valence-electron chi connectivity index (χ3n) is 3.97. The molecule has 0 aliphatic carbocycles. The van der Waals surface area contributed by atoms with Crippen LogP contribution < -0.4 is 10.6 Å². The number of nitrogens with zero attached hydrogens (tertiary/aromatic N) is 2. The van der Waals surface area contributed by atoms with Crippen LogP contribution in [0.2, 0.25) is 0 Å². The number of rotatable bonds is 4. The van der Waals surface area contributed by atoms with Crippen molar-refractivity contribution < 1.29 is 9.59 Å². The summed E-state index contributed by atoms with van der Waals surface area (Å²) in [6, 6.07) is 9.07. The van der Waals surface area contributed by atoms with Gasteiger partial charge < -0.3 is 10.6 Å². The summed E-state index contributed by atoms with van der Waals surface area (Å²) >= 11 is 0. The number of hydrogen-bond acceptors (Lipinski definition) is 3. The Balaban J connectivity index is 1.89. The van der Waals surface area contributed by atoms with Gasteiger partial charge in [-0.3, -0.25) is 14.3 Å². The van der Waals surface area contributed by atoms with E-state index < -0.39 is 6.04 Å². The maximum Gasteiger partial charge on any atom is 0.272 e. The molecule has 2 heterocycles. The molecule has 0 bridgehead atoms. The zero-order valence-electron chi connectivity index (χ0n) is 13.3. The molecular weight excluding hydrogens is 292 g/mol. The van der Waals surface area contributed by atoms with Crippen molar-refractivity contribution in [1.82, 2.24) is 15.1 Å². The lowest BCUT2D eigenvalue weighted by Crippen LogP contribution is -2.43. The van der Waals surface area contributed by atoms with Gasteiger partial charge in [0.2, 0.25) is 5.91 Å². The fourth-order valence-corrected chi connectivity index (χ4v) is 2.88. The summed E-state index contributed by atoms with van der Waals surface area (Å²) in [6.07, 6.45) is 2.08. The maximum atomic E-state index is 12.5. The predicted octanol–water partition coefficient (Wildman–Crippen LogP) is 1.67. The highest BCUT2D eigenvalue weighted by molar-refractivity contribution is 6.09. The Bertz CT molecular complexity index is 737. The molecule has 0 fully saturated rings. The molecule has 6 nitrogen and oxygen atoms in total. The average molecular weight is 312 g/mol. The fraction of sp³-hybridized carbons (Fsp3) is 0.353. The predicted molar refractivity (Wildman–Crippen MR) is 87.2 cm³/mol. The number of aromatic nitrogens is 2. The number of nitrogens with one attached hydrogen (secondary N) is 2.